The second-order valence-electron chi connectivity index (χ2n) is 9.78. The minimum atomic E-state index is -0.948. The molecule has 208 valence electrons. The molecule has 2 unspecified atom stereocenters. The van der Waals surface area contributed by atoms with Crippen molar-refractivity contribution in [2.75, 3.05) is 37.7 Å². The van der Waals surface area contributed by atoms with Crippen LogP contribution in [0.4, 0.5) is 14.5 Å². The van der Waals surface area contributed by atoms with Gasteiger partial charge in [-0.2, -0.15) is 0 Å². The zero-order valence-corrected chi connectivity index (χ0v) is 22.5. The Hall–Kier alpha value is -4.24. The van der Waals surface area contributed by atoms with Crippen LogP contribution in [-0.4, -0.2) is 52.8 Å². The van der Waals surface area contributed by atoms with Crippen LogP contribution >= 0.6 is 0 Å². The van der Waals surface area contributed by atoms with Gasteiger partial charge in [0, 0.05) is 49.8 Å². The Morgan fingerprint density at radius 3 is 2.23 bits per heavy atom. The third-order valence-corrected chi connectivity index (χ3v) is 7.45. The van der Waals surface area contributed by atoms with E-state index in [-0.39, 0.29) is 17.2 Å². The number of piperazine rings is 1. The summed E-state index contributed by atoms with van der Waals surface area (Å²) in [4.78, 5) is 30.4. The minimum Gasteiger partial charge on any atom is -0.465 e. The Kier molecular flexibility index (Phi) is 8.11. The third-order valence-electron chi connectivity index (χ3n) is 7.45. The van der Waals surface area contributed by atoms with Crippen molar-refractivity contribution in [1.82, 2.24) is 14.0 Å². The Labute approximate surface area is 231 Å². The zero-order valence-electron chi connectivity index (χ0n) is 22.5. The standard InChI is InChI=1S/C31H32F2N4O3/c1-3-40-30(38)29(23-8-5-4-6-9-23)35-18-16-34(17-19-35)24-12-14-25(15-13-24)37-21-20-36(31(37)39)22(2)26-10-7-11-27(32)28(26)33/h4-15,20-22,29H,3,16-19H2,1-2H3. The first kappa shape index (κ1) is 27.3. The monoisotopic (exact) mass is 546 g/mol. The molecule has 0 aliphatic carbocycles. The molecule has 0 bridgehead atoms. The van der Waals surface area contributed by atoms with E-state index >= 15 is 0 Å². The number of imidazole rings is 1. The first-order valence-corrected chi connectivity index (χ1v) is 13.4. The number of carbonyl (C=O) groups is 1. The van der Waals surface area contributed by atoms with Gasteiger partial charge < -0.3 is 9.64 Å². The highest BCUT2D eigenvalue weighted by molar-refractivity contribution is 5.77. The molecule has 1 aromatic heterocycles. The number of aromatic nitrogens is 2. The van der Waals surface area contributed by atoms with Gasteiger partial charge in [0.05, 0.1) is 18.3 Å². The van der Waals surface area contributed by atoms with Crippen molar-refractivity contribution in [3.05, 3.63) is 118 Å². The van der Waals surface area contributed by atoms with Crippen LogP contribution in [0.1, 0.15) is 37.1 Å². The molecule has 0 saturated carbocycles. The average Bonchev–Trinajstić information content (AvgIpc) is 3.36. The van der Waals surface area contributed by atoms with E-state index in [4.69, 9.17) is 4.74 Å². The van der Waals surface area contributed by atoms with E-state index in [1.807, 2.05) is 61.5 Å². The number of anilines is 1. The Morgan fingerprint density at radius 1 is 0.875 bits per heavy atom. The van der Waals surface area contributed by atoms with E-state index < -0.39 is 23.7 Å². The van der Waals surface area contributed by atoms with Crippen molar-refractivity contribution in [3.8, 4) is 5.69 Å². The highest BCUT2D eigenvalue weighted by Crippen LogP contribution is 2.27. The van der Waals surface area contributed by atoms with E-state index in [9.17, 15) is 18.4 Å². The van der Waals surface area contributed by atoms with Crippen molar-refractivity contribution in [3.63, 3.8) is 0 Å². The summed E-state index contributed by atoms with van der Waals surface area (Å²) in [7, 11) is 0. The second-order valence-corrected chi connectivity index (χ2v) is 9.78. The quantitative estimate of drug-likeness (QED) is 0.293. The molecule has 1 aliphatic heterocycles. The molecular weight excluding hydrogens is 514 g/mol. The van der Waals surface area contributed by atoms with Crippen LogP contribution in [0.15, 0.2) is 90.0 Å². The van der Waals surface area contributed by atoms with Gasteiger partial charge in [0.1, 0.15) is 6.04 Å². The summed E-state index contributed by atoms with van der Waals surface area (Å²) in [5.41, 5.74) is 2.38. The summed E-state index contributed by atoms with van der Waals surface area (Å²) in [6, 6.07) is 20.2. The van der Waals surface area contributed by atoms with Crippen molar-refractivity contribution >= 4 is 11.7 Å². The largest absolute Gasteiger partial charge is 0.465 e. The summed E-state index contributed by atoms with van der Waals surface area (Å²) >= 11 is 0. The number of benzene rings is 3. The van der Waals surface area contributed by atoms with E-state index in [0.717, 1.165) is 30.4 Å². The van der Waals surface area contributed by atoms with Crippen LogP contribution in [0.25, 0.3) is 5.69 Å². The number of hydrogen-bond donors (Lipinski definition) is 0. The van der Waals surface area contributed by atoms with E-state index in [1.54, 1.807) is 19.3 Å². The van der Waals surface area contributed by atoms with Gasteiger partial charge in [0.15, 0.2) is 11.6 Å². The van der Waals surface area contributed by atoms with Gasteiger partial charge in [-0.3, -0.25) is 14.0 Å². The van der Waals surface area contributed by atoms with E-state index in [0.29, 0.717) is 25.4 Å². The minimum absolute atomic E-state index is 0.117. The van der Waals surface area contributed by atoms with Gasteiger partial charge in [-0.05, 0) is 49.7 Å². The molecular formula is C31H32F2N4O3. The summed E-state index contributed by atoms with van der Waals surface area (Å²) in [6.07, 6.45) is 3.21. The molecule has 0 spiro atoms. The van der Waals surface area contributed by atoms with Crippen LogP contribution in [-0.2, 0) is 9.53 Å². The molecule has 40 heavy (non-hydrogen) atoms. The lowest BCUT2D eigenvalue weighted by Crippen LogP contribution is -2.49. The molecule has 0 radical (unpaired) electrons. The third kappa shape index (κ3) is 5.42. The fourth-order valence-corrected chi connectivity index (χ4v) is 5.29. The molecule has 3 aromatic carbocycles. The lowest BCUT2D eigenvalue weighted by atomic mass is 10.0. The fourth-order valence-electron chi connectivity index (χ4n) is 5.29. The number of esters is 1. The van der Waals surface area contributed by atoms with Gasteiger partial charge in [-0.25, -0.2) is 18.4 Å². The number of carbonyl (C=O) groups excluding carboxylic acids is 1. The maximum absolute atomic E-state index is 14.3. The van der Waals surface area contributed by atoms with Crippen LogP contribution in [0, 0.1) is 11.6 Å². The van der Waals surface area contributed by atoms with Crippen molar-refractivity contribution < 1.29 is 18.3 Å². The number of nitrogens with zero attached hydrogens (tertiary/aromatic N) is 4. The van der Waals surface area contributed by atoms with Gasteiger partial charge in [0.25, 0.3) is 0 Å². The molecule has 0 amide bonds. The number of hydrogen-bond acceptors (Lipinski definition) is 5. The average molecular weight is 547 g/mol. The summed E-state index contributed by atoms with van der Waals surface area (Å²) in [5.74, 6) is -2.13. The van der Waals surface area contributed by atoms with E-state index in [2.05, 4.69) is 9.80 Å². The molecule has 1 aliphatic rings. The van der Waals surface area contributed by atoms with Crippen molar-refractivity contribution in [1.29, 1.82) is 0 Å². The van der Waals surface area contributed by atoms with Gasteiger partial charge in [0.2, 0.25) is 0 Å². The van der Waals surface area contributed by atoms with Crippen LogP contribution < -0.4 is 10.6 Å². The molecule has 5 rings (SSSR count). The summed E-state index contributed by atoms with van der Waals surface area (Å²) in [5, 5.41) is 0. The number of halogens is 2. The Bertz CT molecular complexity index is 1510. The van der Waals surface area contributed by atoms with Gasteiger partial charge in [-0.1, -0.05) is 42.5 Å². The summed E-state index contributed by atoms with van der Waals surface area (Å²) < 4.78 is 36.3. The van der Waals surface area contributed by atoms with Gasteiger partial charge in [-0.15, -0.1) is 0 Å². The molecule has 1 saturated heterocycles. The maximum Gasteiger partial charge on any atom is 0.333 e. The maximum atomic E-state index is 14.3. The zero-order chi connectivity index (χ0) is 28.2. The topological polar surface area (TPSA) is 59.7 Å². The molecule has 4 aromatic rings. The van der Waals surface area contributed by atoms with Crippen molar-refractivity contribution in [2.24, 2.45) is 0 Å². The molecule has 7 nitrogen and oxygen atoms in total. The Morgan fingerprint density at radius 2 is 1.55 bits per heavy atom. The molecule has 0 N–H and O–H groups in total. The molecule has 1 fully saturated rings. The van der Waals surface area contributed by atoms with Gasteiger partial charge >= 0.3 is 11.7 Å². The first-order valence-electron chi connectivity index (χ1n) is 13.4. The normalized spacial score (nSPS) is 15.6. The SMILES string of the molecule is CCOC(=O)C(c1ccccc1)N1CCN(c2ccc(-n3ccn(C(C)c4cccc(F)c4F)c3=O)cc2)CC1. The van der Waals surface area contributed by atoms with Crippen molar-refractivity contribution in [2.45, 2.75) is 25.9 Å². The number of ether oxygens (including phenoxy) is 1. The molecule has 2 heterocycles. The lowest BCUT2D eigenvalue weighted by Gasteiger charge is -2.39. The second kappa shape index (κ2) is 11.9. The predicted molar refractivity (Wildman–Crippen MR) is 150 cm³/mol. The predicted octanol–water partition coefficient (Wildman–Crippen LogP) is 4.95. The highest BCUT2D eigenvalue weighted by Gasteiger charge is 2.31. The molecule has 9 heteroatoms. The van der Waals surface area contributed by atoms with E-state index in [1.165, 1.54) is 21.3 Å². The Balaban J connectivity index is 1.28. The molecule has 2 atom stereocenters. The van der Waals surface area contributed by atoms with Crippen LogP contribution in [0.5, 0.6) is 0 Å². The van der Waals surface area contributed by atoms with Crippen LogP contribution in [0.2, 0.25) is 0 Å². The summed E-state index contributed by atoms with van der Waals surface area (Å²) in [6.45, 7) is 6.66. The number of rotatable bonds is 8. The lowest BCUT2D eigenvalue weighted by molar-refractivity contribution is -0.150. The van der Waals surface area contributed by atoms with Crippen LogP contribution in [0.3, 0.4) is 0 Å². The first-order chi connectivity index (χ1) is 19.4. The highest BCUT2D eigenvalue weighted by atomic mass is 19.2. The fraction of sp³-hybridized carbons (Fsp3) is 0.290. The smallest absolute Gasteiger partial charge is 0.333 e.